The Bertz CT molecular complexity index is 1010. The van der Waals surface area contributed by atoms with Crippen molar-refractivity contribution in [3.63, 3.8) is 0 Å². The van der Waals surface area contributed by atoms with Gasteiger partial charge in [-0.05, 0) is 31.2 Å². The number of amides is 1. The van der Waals surface area contributed by atoms with Crippen molar-refractivity contribution < 1.29 is 23.3 Å². The molecular weight excluding hydrogens is 408 g/mol. The molecule has 1 fully saturated rings. The average molecular weight is 426 g/mol. The van der Waals surface area contributed by atoms with Gasteiger partial charge in [0.15, 0.2) is 0 Å². The van der Waals surface area contributed by atoms with Gasteiger partial charge in [0, 0.05) is 42.7 Å². The fourth-order valence-electron chi connectivity index (χ4n) is 2.99. The maximum Gasteiger partial charge on any atom is 0.293 e. The number of hydrogen-bond donors (Lipinski definition) is 2. The van der Waals surface area contributed by atoms with Crippen molar-refractivity contribution in [3.05, 3.63) is 50.9 Å². The summed E-state index contributed by atoms with van der Waals surface area (Å²) >= 11 is 1.21. The fraction of sp³-hybridized carbons (Fsp3) is 0.312. The molecule has 0 unspecified atom stereocenters. The number of nitro groups is 1. The Morgan fingerprint density at radius 2 is 1.89 bits per heavy atom. The maximum absolute atomic E-state index is 12.7. The monoisotopic (exact) mass is 426 g/mol. The lowest BCUT2D eigenvalue weighted by Crippen LogP contribution is -2.48. The first-order valence-electron chi connectivity index (χ1n) is 8.28. The Morgan fingerprint density at radius 3 is 2.43 bits per heavy atom. The Morgan fingerprint density at radius 1 is 1.21 bits per heavy atom. The van der Waals surface area contributed by atoms with Crippen molar-refractivity contribution in [1.29, 1.82) is 0 Å². The number of nitrogens with zero attached hydrogens (tertiary/aromatic N) is 3. The van der Waals surface area contributed by atoms with E-state index < -0.39 is 20.9 Å². The van der Waals surface area contributed by atoms with Gasteiger partial charge in [-0.3, -0.25) is 20.1 Å². The van der Waals surface area contributed by atoms with E-state index in [4.69, 9.17) is 5.21 Å². The molecule has 0 aliphatic carbocycles. The number of rotatable bonds is 5. The highest BCUT2D eigenvalue weighted by Crippen LogP contribution is 2.31. The predicted molar refractivity (Wildman–Crippen MR) is 102 cm³/mol. The van der Waals surface area contributed by atoms with Crippen LogP contribution in [0.25, 0.3) is 0 Å². The van der Waals surface area contributed by atoms with E-state index in [1.54, 1.807) is 17.0 Å². The molecule has 1 aliphatic heterocycles. The molecule has 28 heavy (non-hydrogen) atoms. The van der Waals surface area contributed by atoms with E-state index in [1.165, 1.54) is 33.3 Å². The summed E-state index contributed by atoms with van der Waals surface area (Å²) in [6.45, 7) is 2.76. The molecule has 0 spiro atoms. The third-order valence-electron chi connectivity index (χ3n) is 4.43. The van der Waals surface area contributed by atoms with Crippen molar-refractivity contribution >= 4 is 38.6 Å². The standard InChI is InChI=1S/C16H18N4O6S2/c1-11-2-5-15(27-11)28(25,26)19-8-6-18(7-9-19)13-4-3-12(16(21)17-22)10-14(13)20(23)24/h2-5,10,22H,6-9H2,1H3,(H,17,21). The number of hydrogen-bond acceptors (Lipinski definition) is 8. The minimum Gasteiger partial charge on any atom is -0.363 e. The lowest BCUT2D eigenvalue weighted by Gasteiger charge is -2.34. The Kier molecular flexibility index (Phi) is 5.65. The van der Waals surface area contributed by atoms with Crippen molar-refractivity contribution in [3.8, 4) is 0 Å². The highest BCUT2D eigenvalue weighted by atomic mass is 32.2. The van der Waals surface area contributed by atoms with Crippen molar-refractivity contribution in [2.45, 2.75) is 11.1 Å². The van der Waals surface area contributed by atoms with Gasteiger partial charge in [-0.15, -0.1) is 11.3 Å². The smallest absolute Gasteiger partial charge is 0.293 e. The van der Waals surface area contributed by atoms with Crippen molar-refractivity contribution in [2.24, 2.45) is 0 Å². The summed E-state index contributed by atoms with van der Waals surface area (Å²) < 4.78 is 27.1. The molecule has 1 aromatic carbocycles. The van der Waals surface area contributed by atoms with Crippen LogP contribution in [0.3, 0.4) is 0 Å². The fourth-order valence-corrected chi connectivity index (χ4v) is 5.85. The van der Waals surface area contributed by atoms with Crippen LogP contribution >= 0.6 is 11.3 Å². The summed E-state index contributed by atoms with van der Waals surface area (Å²) in [5.74, 6) is -0.850. The summed E-state index contributed by atoms with van der Waals surface area (Å²) in [6.07, 6.45) is 0. The van der Waals surface area contributed by atoms with E-state index in [2.05, 4.69) is 0 Å². The second kappa shape index (κ2) is 7.83. The number of carbonyl (C=O) groups excluding carboxylic acids is 1. The second-order valence-electron chi connectivity index (χ2n) is 6.16. The first-order chi connectivity index (χ1) is 13.2. The largest absolute Gasteiger partial charge is 0.363 e. The first kappa shape index (κ1) is 20.2. The Labute approximate surface area is 165 Å². The van der Waals surface area contributed by atoms with E-state index in [0.717, 1.165) is 10.9 Å². The number of nitro benzene ring substituents is 1. The number of aryl methyl sites for hydroxylation is 1. The van der Waals surface area contributed by atoms with Crippen LogP contribution in [-0.4, -0.2) is 54.9 Å². The number of piperazine rings is 1. The number of hydroxylamine groups is 1. The minimum atomic E-state index is -3.58. The molecule has 3 rings (SSSR count). The molecule has 0 saturated carbocycles. The molecule has 0 atom stereocenters. The molecule has 2 heterocycles. The number of thiophene rings is 1. The van der Waals surface area contributed by atoms with Crippen LogP contribution in [0.5, 0.6) is 0 Å². The number of anilines is 1. The zero-order valence-corrected chi connectivity index (χ0v) is 16.5. The van der Waals surface area contributed by atoms with Crippen LogP contribution in [0.15, 0.2) is 34.5 Å². The SMILES string of the molecule is Cc1ccc(S(=O)(=O)N2CCN(c3ccc(C(=O)NO)cc3[N+](=O)[O-])CC2)s1. The molecule has 0 bridgehead atoms. The molecule has 1 aromatic heterocycles. The van der Waals surface area contributed by atoms with E-state index in [-0.39, 0.29) is 41.6 Å². The first-order valence-corrected chi connectivity index (χ1v) is 10.5. The topological polar surface area (TPSA) is 133 Å². The lowest BCUT2D eigenvalue weighted by atomic mass is 10.1. The molecule has 12 heteroatoms. The molecular formula is C16H18N4O6S2. The van der Waals surface area contributed by atoms with E-state index in [1.807, 2.05) is 6.92 Å². The third kappa shape index (κ3) is 3.85. The van der Waals surface area contributed by atoms with Gasteiger partial charge >= 0.3 is 0 Å². The van der Waals surface area contributed by atoms with E-state index in [0.29, 0.717) is 5.69 Å². The average Bonchev–Trinajstić information content (AvgIpc) is 3.14. The molecule has 1 aliphatic rings. The summed E-state index contributed by atoms with van der Waals surface area (Å²) in [5.41, 5.74) is 1.40. The van der Waals surface area contributed by atoms with Gasteiger partial charge in [0.25, 0.3) is 21.6 Å². The molecule has 150 valence electrons. The van der Waals surface area contributed by atoms with Gasteiger partial charge < -0.3 is 4.90 Å². The summed E-state index contributed by atoms with van der Waals surface area (Å²) in [5, 5.41) is 20.1. The van der Waals surface area contributed by atoms with Crippen LogP contribution in [-0.2, 0) is 10.0 Å². The van der Waals surface area contributed by atoms with Crippen LogP contribution in [0.4, 0.5) is 11.4 Å². The highest BCUT2D eigenvalue weighted by molar-refractivity contribution is 7.91. The zero-order valence-electron chi connectivity index (χ0n) is 14.9. The van der Waals surface area contributed by atoms with Crippen LogP contribution in [0.1, 0.15) is 15.2 Å². The maximum atomic E-state index is 12.7. The minimum absolute atomic E-state index is 0.0489. The Hall–Kier alpha value is -2.54. The summed E-state index contributed by atoms with van der Waals surface area (Å²) in [7, 11) is -3.58. The molecule has 2 N–H and O–H groups in total. The number of benzene rings is 1. The van der Waals surface area contributed by atoms with Gasteiger partial charge in [-0.1, -0.05) is 0 Å². The second-order valence-corrected chi connectivity index (χ2v) is 9.61. The molecule has 0 radical (unpaired) electrons. The highest BCUT2D eigenvalue weighted by Gasteiger charge is 2.31. The van der Waals surface area contributed by atoms with E-state index >= 15 is 0 Å². The molecule has 1 amide bonds. The van der Waals surface area contributed by atoms with E-state index in [9.17, 15) is 23.3 Å². The van der Waals surface area contributed by atoms with Crippen molar-refractivity contribution in [1.82, 2.24) is 9.79 Å². The molecule has 2 aromatic rings. The number of sulfonamides is 1. The summed E-state index contributed by atoms with van der Waals surface area (Å²) in [6, 6.07) is 7.21. The van der Waals surface area contributed by atoms with Crippen LogP contribution in [0.2, 0.25) is 0 Å². The van der Waals surface area contributed by atoms with Crippen molar-refractivity contribution in [2.75, 3.05) is 31.1 Å². The van der Waals surface area contributed by atoms with Gasteiger partial charge in [0.1, 0.15) is 9.90 Å². The van der Waals surface area contributed by atoms with Gasteiger partial charge in [-0.2, -0.15) is 4.31 Å². The molecule has 10 nitrogen and oxygen atoms in total. The van der Waals surface area contributed by atoms with Crippen LogP contribution < -0.4 is 10.4 Å². The quantitative estimate of drug-likeness (QED) is 0.421. The lowest BCUT2D eigenvalue weighted by molar-refractivity contribution is -0.384. The normalized spacial score (nSPS) is 15.4. The van der Waals surface area contributed by atoms with Crippen LogP contribution in [0, 0.1) is 17.0 Å². The Balaban J connectivity index is 1.79. The van der Waals surface area contributed by atoms with Gasteiger partial charge in [-0.25, -0.2) is 13.9 Å². The third-order valence-corrected chi connectivity index (χ3v) is 7.79. The number of carbonyl (C=O) groups is 1. The number of nitrogens with one attached hydrogen (secondary N) is 1. The predicted octanol–water partition coefficient (Wildman–Crippen LogP) is 1.59. The van der Waals surface area contributed by atoms with Gasteiger partial charge in [0.2, 0.25) is 0 Å². The zero-order chi connectivity index (χ0) is 20.5. The summed E-state index contributed by atoms with van der Waals surface area (Å²) in [4.78, 5) is 24.9. The van der Waals surface area contributed by atoms with Gasteiger partial charge in [0.05, 0.1) is 4.92 Å². The molecule has 1 saturated heterocycles.